The molecule has 4 nitrogen and oxygen atoms in total. The van der Waals surface area contributed by atoms with Crippen molar-refractivity contribution in [1.82, 2.24) is 0 Å². The molecule has 0 spiro atoms. The molecule has 0 saturated heterocycles. The number of benzene rings is 1. The van der Waals surface area contributed by atoms with Crippen molar-refractivity contribution in [3.8, 4) is 5.75 Å². The standard InChI is InChI=1S/C12H14O4/c1-3-11(13)16-12(14)8-9-4-6-10(15-2)7-5-9/h4-7H,3,8H2,1-2H3. The van der Waals surface area contributed by atoms with Crippen LogP contribution in [-0.4, -0.2) is 19.0 Å². The summed E-state index contributed by atoms with van der Waals surface area (Å²) in [6, 6.07) is 7.03. The summed E-state index contributed by atoms with van der Waals surface area (Å²) in [6.45, 7) is 1.64. The quantitative estimate of drug-likeness (QED) is 0.575. The number of methoxy groups -OCH3 is 1. The molecule has 0 bridgehead atoms. The van der Waals surface area contributed by atoms with Gasteiger partial charge in [-0.3, -0.25) is 9.59 Å². The second kappa shape index (κ2) is 5.90. The fraction of sp³-hybridized carbons (Fsp3) is 0.333. The minimum absolute atomic E-state index is 0.0930. The van der Waals surface area contributed by atoms with E-state index >= 15 is 0 Å². The third-order valence-corrected chi connectivity index (χ3v) is 2.02. The average molecular weight is 222 g/mol. The Kier molecular flexibility index (Phi) is 4.51. The van der Waals surface area contributed by atoms with Gasteiger partial charge in [0, 0.05) is 6.42 Å². The summed E-state index contributed by atoms with van der Waals surface area (Å²) in [7, 11) is 1.57. The van der Waals surface area contributed by atoms with Gasteiger partial charge in [-0.1, -0.05) is 19.1 Å². The van der Waals surface area contributed by atoms with Gasteiger partial charge in [-0.15, -0.1) is 0 Å². The molecule has 1 rings (SSSR count). The minimum atomic E-state index is -0.531. The van der Waals surface area contributed by atoms with Crippen LogP contribution in [0.3, 0.4) is 0 Å². The number of ether oxygens (including phenoxy) is 2. The first kappa shape index (κ1) is 12.2. The van der Waals surface area contributed by atoms with Crippen LogP contribution in [0.4, 0.5) is 0 Å². The minimum Gasteiger partial charge on any atom is -0.497 e. The van der Waals surface area contributed by atoms with Gasteiger partial charge in [0.15, 0.2) is 0 Å². The Balaban J connectivity index is 2.52. The summed E-state index contributed by atoms with van der Waals surface area (Å²) in [5, 5.41) is 0. The Morgan fingerprint density at radius 3 is 2.25 bits per heavy atom. The average Bonchev–Trinajstić information content (AvgIpc) is 2.29. The molecular formula is C12H14O4. The van der Waals surface area contributed by atoms with Gasteiger partial charge in [0.25, 0.3) is 0 Å². The molecule has 0 aliphatic heterocycles. The van der Waals surface area contributed by atoms with Gasteiger partial charge < -0.3 is 9.47 Å². The maximum Gasteiger partial charge on any atom is 0.317 e. The Morgan fingerprint density at radius 1 is 1.12 bits per heavy atom. The molecule has 1 aromatic rings. The van der Waals surface area contributed by atoms with Crippen LogP contribution in [0.25, 0.3) is 0 Å². The van der Waals surface area contributed by atoms with E-state index < -0.39 is 11.9 Å². The van der Waals surface area contributed by atoms with E-state index in [-0.39, 0.29) is 12.8 Å². The maximum absolute atomic E-state index is 11.3. The molecule has 0 aromatic heterocycles. The normalized spacial score (nSPS) is 9.62. The molecule has 4 heteroatoms. The highest BCUT2D eigenvalue weighted by atomic mass is 16.6. The van der Waals surface area contributed by atoms with Crippen LogP contribution in [0.1, 0.15) is 18.9 Å². The molecule has 1 aromatic carbocycles. The predicted octanol–water partition coefficient (Wildman–Crippen LogP) is 1.72. The molecule has 0 fully saturated rings. The van der Waals surface area contributed by atoms with E-state index in [1.807, 2.05) is 0 Å². The van der Waals surface area contributed by atoms with E-state index in [1.165, 1.54) is 0 Å². The first-order valence-electron chi connectivity index (χ1n) is 5.02. The van der Waals surface area contributed by atoms with Crippen LogP contribution >= 0.6 is 0 Å². The van der Waals surface area contributed by atoms with Crippen LogP contribution in [0.5, 0.6) is 5.75 Å². The maximum atomic E-state index is 11.3. The fourth-order valence-corrected chi connectivity index (χ4v) is 1.15. The lowest BCUT2D eigenvalue weighted by molar-refractivity contribution is -0.158. The number of hydrogen-bond acceptors (Lipinski definition) is 4. The van der Waals surface area contributed by atoms with E-state index in [9.17, 15) is 9.59 Å². The van der Waals surface area contributed by atoms with Crippen molar-refractivity contribution < 1.29 is 19.1 Å². The summed E-state index contributed by atoms with van der Waals surface area (Å²) in [4.78, 5) is 22.1. The number of esters is 2. The Labute approximate surface area is 94.2 Å². The van der Waals surface area contributed by atoms with Crippen molar-refractivity contribution in [2.24, 2.45) is 0 Å². The second-order valence-corrected chi connectivity index (χ2v) is 3.22. The van der Waals surface area contributed by atoms with E-state index in [1.54, 1.807) is 38.3 Å². The largest absolute Gasteiger partial charge is 0.497 e. The van der Waals surface area contributed by atoms with Gasteiger partial charge in [-0.25, -0.2) is 0 Å². The van der Waals surface area contributed by atoms with Gasteiger partial charge in [0.05, 0.1) is 13.5 Å². The smallest absolute Gasteiger partial charge is 0.317 e. The van der Waals surface area contributed by atoms with Crippen LogP contribution in [0, 0.1) is 0 Å². The lowest BCUT2D eigenvalue weighted by Crippen LogP contribution is -2.13. The van der Waals surface area contributed by atoms with Crippen molar-refractivity contribution in [1.29, 1.82) is 0 Å². The SMILES string of the molecule is CCC(=O)OC(=O)Cc1ccc(OC)cc1. The van der Waals surface area contributed by atoms with E-state index in [4.69, 9.17) is 4.74 Å². The Morgan fingerprint density at radius 2 is 1.75 bits per heavy atom. The lowest BCUT2D eigenvalue weighted by Gasteiger charge is -2.03. The highest BCUT2D eigenvalue weighted by Gasteiger charge is 2.09. The molecule has 0 saturated carbocycles. The lowest BCUT2D eigenvalue weighted by atomic mass is 10.1. The highest BCUT2D eigenvalue weighted by Crippen LogP contribution is 2.11. The zero-order valence-corrected chi connectivity index (χ0v) is 9.36. The number of hydrogen-bond donors (Lipinski definition) is 0. The van der Waals surface area contributed by atoms with Crippen LogP contribution < -0.4 is 4.74 Å². The monoisotopic (exact) mass is 222 g/mol. The number of carbonyl (C=O) groups is 2. The zero-order valence-electron chi connectivity index (χ0n) is 9.36. The summed E-state index contributed by atoms with van der Waals surface area (Å²) in [5.74, 6) is -0.308. The van der Waals surface area contributed by atoms with E-state index in [0.717, 1.165) is 11.3 Å². The molecule has 0 amide bonds. The number of carbonyl (C=O) groups excluding carboxylic acids is 2. The van der Waals surface area contributed by atoms with Gasteiger partial charge in [0.1, 0.15) is 5.75 Å². The van der Waals surface area contributed by atoms with Crippen LogP contribution in [0.2, 0.25) is 0 Å². The van der Waals surface area contributed by atoms with Crippen LogP contribution in [-0.2, 0) is 20.7 Å². The predicted molar refractivity (Wildman–Crippen MR) is 58.1 cm³/mol. The molecule has 0 N–H and O–H groups in total. The zero-order chi connectivity index (χ0) is 12.0. The van der Waals surface area contributed by atoms with Crippen molar-refractivity contribution in [2.75, 3.05) is 7.11 Å². The second-order valence-electron chi connectivity index (χ2n) is 3.22. The molecule has 0 unspecified atom stereocenters. The molecule has 0 heterocycles. The van der Waals surface area contributed by atoms with Crippen molar-refractivity contribution >= 4 is 11.9 Å². The van der Waals surface area contributed by atoms with Crippen molar-refractivity contribution in [3.05, 3.63) is 29.8 Å². The summed E-state index contributed by atoms with van der Waals surface area (Å²) < 4.78 is 9.54. The van der Waals surface area contributed by atoms with E-state index in [2.05, 4.69) is 4.74 Å². The fourth-order valence-electron chi connectivity index (χ4n) is 1.15. The van der Waals surface area contributed by atoms with Gasteiger partial charge in [-0.05, 0) is 17.7 Å². The molecule has 16 heavy (non-hydrogen) atoms. The van der Waals surface area contributed by atoms with Gasteiger partial charge in [0.2, 0.25) is 0 Å². The van der Waals surface area contributed by atoms with Gasteiger partial charge >= 0.3 is 11.9 Å². The Bertz CT molecular complexity index is 367. The molecule has 0 aliphatic rings. The van der Waals surface area contributed by atoms with Gasteiger partial charge in [-0.2, -0.15) is 0 Å². The van der Waals surface area contributed by atoms with Crippen molar-refractivity contribution in [3.63, 3.8) is 0 Å². The first-order chi connectivity index (χ1) is 7.65. The summed E-state index contributed by atoms with van der Waals surface area (Å²) >= 11 is 0. The summed E-state index contributed by atoms with van der Waals surface area (Å²) in [5.41, 5.74) is 0.787. The molecule has 86 valence electrons. The third kappa shape index (κ3) is 3.73. The van der Waals surface area contributed by atoms with Crippen molar-refractivity contribution in [2.45, 2.75) is 19.8 Å². The summed E-state index contributed by atoms with van der Waals surface area (Å²) in [6.07, 6.45) is 0.296. The molecule has 0 aliphatic carbocycles. The third-order valence-electron chi connectivity index (χ3n) is 2.02. The molecule has 0 radical (unpaired) electrons. The Hall–Kier alpha value is -1.84. The molecular weight excluding hydrogens is 208 g/mol. The number of rotatable bonds is 4. The topological polar surface area (TPSA) is 52.6 Å². The molecule has 0 atom stereocenters. The first-order valence-corrected chi connectivity index (χ1v) is 5.02. The van der Waals surface area contributed by atoms with Crippen LogP contribution in [0.15, 0.2) is 24.3 Å². The van der Waals surface area contributed by atoms with E-state index in [0.29, 0.717) is 0 Å². The highest BCUT2D eigenvalue weighted by molar-refractivity contribution is 5.86.